The van der Waals surface area contributed by atoms with Gasteiger partial charge in [-0.25, -0.2) is 4.98 Å². The van der Waals surface area contributed by atoms with Crippen molar-refractivity contribution in [3.8, 4) is 0 Å². The van der Waals surface area contributed by atoms with E-state index < -0.39 is 0 Å². The monoisotopic (exact) mass is 276 g/mol. The molecule has 0 radical (unpaired) electrons. The Morgan fingerprint density at radius 2 is 2.21 bits per heavy atom. The molecule has 3 nitrogen and oxygen atoms in total. The predicted octanol–water partition coefficient (Wildman–Crippen LogP) is 3.39. The highest BCUT2D eigenvalue weighted by molar-refractivity contribution is 7.18. The third-order valence-electron chi connectivity index (χ3n) is 3.26. The average molecular weight is 276 g/mol. The topological polar surface area (TPSA) is 42.0 Å². The molecule has 0 aliphatic carbocycles. The first-order valence-corrected chi connectivity index (χ1v) is 7.64. The van der Waals surface area contributed by atoms with Gasteiger partial charge in [0.1, 0.15) is 0 Å². The highest BCUT2D eigenvalue weighted by atomic mass is 32.1. The smallest absolute Gasteiger partial charge is 0.222 e. The van der Waals surface area contributed by atoms with Crippen molar-refractivity contribution in [2.75, 3.05) is 6.54 Å². The molecule has 0 bridgehead atoms. The summed E-state index contributed by atoms with van der Waals surface area (Å²) in [6.07, 6.45) is 2.77. The number of amides is 1. The van der Waals surface area contributed by atoms with Crippen LogP contribution in [0, 0.1) is 5.92 Å². The lowest BCUT2D eigenvalue weighted by Crippen LogP contribution is -2.29. The van der Waals surface area contributed by atoms with E-state index in [1.54, 1.807) is 11.3 Å². The number of carbonyl (C=O) groups is 1. The van der Waals surface area contributed by atoms with Gasteiger partial charge in [0.25, 0.3) is 0 Å². The molecule has 0 saturated carbocycles. The van der Waals surface area contributed by atoms with Crippen LogP contribution in [0.15, 0.2) is 24.3 Å². The van der Waals surface area contributed by atoms with Gasteiger partial charge in [-0.05, 0) is 25.0 Å². The van der Waals surface area contributed by atoms with Crippen LogP contribution in [0.2, 0.25) is 0 Å². The summed E-state index contributed by atoms with van der Waals surface area (Å²) in [6, 6.07) is 8.19. The minimum absolute atomic E-state index is 0.113. The van der Waals surface area contributed by atoms with E-state index in [4.69, 9.17) is 0 Å². The summed E-state index contributed by atoms with van der Waals surface area (Å²) in [7, 11) is 0. The molecule has 102 valence electrons. The van der Waals surface area contributed by atoms with Gasteiger partial charge >= 0.3 is 0 Å². The van der Waals surface area contributed by atoms with Gasteiger partial charge in [0, 0.05) is 18.9 Å². The van der Waals surface area contributed by atoms with Crippen molar-refractivity contribution < 1.29 is 4.79 Å². The zero-order valence-electron chi connectivity index (χ0n) is 11.5. The lowest BCUT2D eigenvalue weighted by atomic mass is 10.1. The number of para-hydroxylation sites is 1. The average Bonchev–Trinajstić information content (AvgIpc) is 2.85. The molecule has 2 rings (SSSR count). The molecule has 1 amide bonds. The summed E-state index contributed by atoms with van der Waals surface area (Å²) in [5, 5.41) is 4.13. The number of aryl methyl sites for hydroxylation is 1. The molecular weight excluding hydrogens is 256 g/mol. The van der Waals surface area contributed by atoms with Gasteiger partial charge in [0.05, 0.1) is 15.2 Å². The van der Waals surface area contributed by atoms with Gasteiger partial charge in [-0.15, -0.1) is 11.3 Å². The van der Waals surface area contributed by atoms with E-state index in [1.165, 1.54) is 4.70 Å². The second-order valence-corrected chi connectivity index (χ2v) is 5.89. The molecule has 1 aromatic heterocycles. The van der Waals surface area contributed by atoms with Crippen molar-refractivity contribution in [3.63, 3.8) is 0 Å². The fourth-order valence-electron chi connectivity index (χ4n) is 1.84. The highest BCUT2D eigenvalue weighted by Gasteiger charge is 2.09. The number of rotatable bonds is 6. The summed E-state index contributed by atoms with van der Waals surface area (Å²) in [6.45, 7) is 4.73. The maximum absolute atomic E-state index is 11.6. The van der Waals surface area contributed by atoms with Crippen LogP contribution in [-0.2, 0) is 11.2 Å². The molecule has 1 N–H and O–H groups in total. The molecular formula is C15H20N2OS. The van der Waals surface area contributed by atoms with Crippen LogP contribution in [0.1, 0.15) is 31.7 Å². The molecule has 0 aliphatic heterocycles. The van der Waals surface area contributed by atoms with Crippen LogP contribution in [0.4, 0.5) is 0 Å². The van der Waals surface area contributed by atoms with Gasteiger partial charge in [0.15, 0.2) is 0 Å². The molecule has 1 unspecified atom stereocenters. The first-order valence-electron chi connectivity index (χ1n) is 6.83. The van der Waals surface area contributed by atoms with Gasteiger partial charge in [-0.3, -0.25) is 4.79 Å². The quantitative estimate of drug-likeness (QED) is 0.822. The fourth-order valence-corrected chi connectivity index (χ4v) is 2.85. The van der Waals surface area contributed by atoms with Crippen molar-refractivity contribution in [1.82, 2.24) is 10.3 Å². The van der Waals surface area contributed by atoms with Crippen LogP contribution < -0.4 is 5.32 Å². The van der Waals surface area contributed by atoms with E-state index >= 15 is 0 Å². The molecule has 1 atom stereocenters. The summed E-state index contributed by atoms with van der Waals surface area (Å²) in [4.78, 5) is 16.2. The fraction of sp³-hybridized carbons (Fsp3) is 0.467. The van der Waals surface area contributed by atoms with E-state index in [0.717, 1.165) is 36.3 Å². The SMILES string of the molecule is CCC(C)C(=O)NCCCc1nc2ccccc2s1. The number of nitrogens with one attached hydrogen (secondary N) is 1. The molecule has 1 aromatic carbocycles. The molecule has 0 fully saturated rings. The third-order valence-corrected chi connectivity index (χ3v) is 4.36. The number of hydrogen-bond donors (Lipinski definition) is 1. The number of hydrogen-bond acceptors (Lipinski definition) is 3. The van der Waals surface area contributed by atoms with Gasteiger partial charge in [-0.1, -0.05) is 26.0 Å². The van der Waals surface area contributed by atoms with E-state index in [1.807, 2.05) is 32.0 Å². The Bertz CT molecular complexity index is 517. The first kappa shape index (κ1) is 14.0. The summed E-state index contributed by atoms with van der Waals surface area (Å²) in [5.41, 5.74) is 1.08. The Morgan fingerprint density at radius 3 is 2.95 bits per heavy atom. The standard InChI is InChI=1S/C15H20N2OS/c1-3-11(2)15(18)16-10-6-9-14-17-12-7-4-5-8-13(12)19-14/h4-5,7-8,11H,3,6,9-10H2,1-2H3,(H,16,18). The van der Waals surface area contributed by atoms with Gasteiger partial charge < -0.3 is 5.32 Å². The van der Waals surface area contributed by atoms with Gasteiger partial charge in [-0.2, -0.15) is 0 Å². The van der Waals surface area contributed by atoms with Crippen LogP contribution in [0.3, 0.4) is 0 Å². The zero-order valence-corrected chi connectivity index (χ0v) is 12.3. The molecule has 4 heteroatoms. The van der Waals surface area contributed by atoms with Crippen molar-refractivity contribution in [3.05, 3.63) is 29.3 Å². The Morgan fingerprint density at radius 1 is 1.42 bits per heavy atom. The molecule has 0 aliphatic rings. The second-order valence-electron chi connectivity index (χ2n) is 4.78. The molecule has 1 heterocycles. The Kier molecular flexibility index (Phi) is 4.91. The molecule has 0 spiro atoms. The van der Waals surface area contributed by atoms with Crippen LogP contribution in [0.5, 0.6) is 0 Å². The number of aromatic nitrogens is 1. The normalized spacial score (nSPS) is 12.5. The Hall–Kier alpha value is -1.42. The number of thiazole rings is 1. The molecule has 19 heavy (non-hydrogen) atoms. The maximum atomic E-state index is 11.6. The molecule has 2 aromatic rings. The van der Waals surface area contributed by atoms with E-state index in [-0.39, 0.29) is 11.8 Å². The van der Waals surface area contributed by atoms with Crippen LogP contribution >= 0.6 is 11.3 Å². The molecule has 0 saturated heterocycles. The number of carbonyl (C=O) groups excluding carboxylic acids is 1. The maximum Gasteiger partial charge on any atom is 0.222 e. The minimum atomic E-state index is 0.113. The van der Waals surface area contributed by atoms with Crippen molar-refractivity contribution in [2.24, 2.45) is 5.92 Å². The van der Waals surface area contributed by atoms with Crippen molar-refractivity contribution in [2.45, 2.75) is 33.1 Å². The Balaban J connectivity index is 1.78. The Labute approximate surface area is 118 Å². The number of benzene rings is 1. The lowest BCUT2D eigenvalue weighted by Gasteiger charge is -2.08. The summed E-state index contributed by atoms with van der Waals surface area (Å²) < 4.78 is 1.24. The largest absolute Gasteiger partial charge is 0.356 e. The van der Waals surface area contributed by atoms with Crippen LogP contribution in [0.25, 0.3) is 10.2 Å². The minimum Gasteiger partial charge on any atom is -0.356 e. The number of fused-ring (bicyclic) bond motifs is 1. The van der Waals surface area contributed by atoms with Crippen molar-refractivity contribution >= 4 is 27.5 Å². The predicted molar refractivity (Wildman–Crippen MR) is 80.4 cm³/mol. The van der Waals surface area contributed by atoms with Gasteiger partial charge in [0.2, 0.25) is 5.91 Å². The first-order chi connectivity index (χ1) is 9.20. The van der Waals surface area contributed by atoms with Crippen molar-refractivity contribution in [1.29, 1.82) is 0 Å². The second kappa shape index (κ2) is 6.66. The zero-order chi connectivity index (χ0) is 13.7. The summed E-state index contributed by atoms with van der Waals surface area (Å²) in [5.74, 6) is 0.272. The van der Waals surface area contributed by atoms with E-state index in [9.17, 15) is 4.79 Å². The van der Waals surface area contributed by atoms with E-state index in [0.29, 0.717) is 0 Å². The highest BCUT2D eigenvalue weighted by Crippen LogP contribution is 2.22. The lowest BCUT2D eigenvalue weighted by molar-refractivity contribution is -0.124. The summed E-state index contributed by atoms with van der Waals surface area (Å²) >= 11 is 1.74. The third kappa shape index (κ3) is 3.77. The number of nitrogens with zero attached hydrogens (tertiary/aromatic N) is 1. The van der Waals surface area contributed by atoms with E-state index in [2.05, 4.69) is 16.4 Å². The van der Waals surface area contributed by atoms with Crippen LogP contribution in [-0.4, -0.2) is 17.4 Å².